The fraction of sp³-hybridized carbons (Fsp3) is 0.280. The topological polar surface area (TPSA) is 131 Å². The van der Waals surface area contributed by atoms with Gasteiger partial charge in [0.1, 0.15) is 11.4 Å². The first-order valence-corrected chi connectivity index (χ1v) is 12.1. The van der Waals surface area contributed by atoms with Crippen molar-refractivity contribution in [2.75, 3.05) is 5.32 Å². The lowest BCUT2D eigenvalue weighted by atomic mass is 10.0. The highest BCUT2D eigenvalue weighted by molar-refractivity contribution is 6.37. The summed E-state index contributed by atoms with van der Waals surface area (Å²) in [4.78, 5) is 42.1. The number of nitrogens with one attached hydrogen (secondary N) is 3. The van der Waals surface area contributed by atoms with E-state index in [1.807, 2.05) is 18.3 Å². The number of carbonyl (C=O) groups is 1. The lowest BCUT2D eigenvalue weighted by molar-refractivity contribution is 0.0634. The molecule has 0 saturated carbocycles. The maximum Gasteiger partial charge on any atom is 0.413 e. The third-order valence-corrected chi connectivity index (χ3v) is 5.76. The Morgan fingerprint density at radius 2 is 1.78 bits per heavy atom. The van der Waals surface area contributed by atoms with Crippen LogP contribution in [0.3, 0.4) is 0 Å². The first-order valence-electron chi connectivity index (χ1n) is 11.3. The molecule has 0 unspecified atom stereocenters. The molecular weight excluding hydrogens is 521 g/mol. The van der Waals surface area contributed by atoms with Crippen LogP contribution in [0.4, 0.5) is 10.6 Å². The number of fused-ring (bicyclic) bond motifs is 1. The van der Waals surface area contributed by atoms with Gasteiger partial charge in [0.2, 0.25) is 5.82 Å². The average molecular weight is 546 g/mol. The molecule has 194 valence electrons. The van der Waals surface area contributed by atoms with Gasteiger partial charge in [0, 0.05) is 17.1 Å². The van der Waals surface area contributed by atoms with E-state index in [9.17, 15) is 14.4 Å². The number of nitrogens with zero attached hydrogens (tertiary/aromatic N) is 2. The molecule has 0 saturated heterocycles. The standard InChI is InChI=1S/C25H25Cl2N5O5/c1-12(2)16-11-28-19-7-6-14(10-15(16)19)36-20-17(26)8-13(9-18(20)27)32-23(34)30-22(33)21(31-32)29-24(35)37-25(3,4)5/h6-12,28H,1-5H3,(H,29,31,35)(H,30,33,34). The molecule has 0 atom stereocenters. The smallest absolute Gasteiger partial charge is 0.413 e. The highest BCUT2D eigenvalue weighted by Crippen LogP contribution is 2.39. The van der Waals surface area contributed by atoms with Crippen molar-refractivity contribution >= 4 is 46.0 Å². The van der Waals surface area contributed by atoms with Crippen LogP contribution in [-0.2, 0) is 4.74 Å². The van der Waals surface area contributed by atoms with E-state index >= 15 is 0 Å². The molecule has 0 aliphatic heterocycles. The molecule has 0 radical (unpaired) electrons. The Labute approximate surface area is 221 Å². The van der Waals surface area contributed by atoms with Crippen molar-refractivity contribution in [2.45, 2.75) is 46.1 Å². The molecule has 1 amide bonds. The molecule has 0 fully saturated rings. The molecule has 3 N–H and O–H groups in total. The fourth-order valence-electron chi connectivity index (χ4n) is 3.60. The molecular formula is C25H25Cl2N5O5. The monoisotopic (exact) mass is 545 g/mol. The Morgan fingerprint density at radius 1 is 1.11 bits per heavy atom. The van der Waals surface area contributed by atoms with Crippen LogP contribution >= 0.6 is 23.2 Å². The van der Waals surface area contributed by atoms with Crippen molar-refractivity contribution in [1.29, 1.82) is 0 Å². The van der Waals surface area contributed by atoms with E-state index in [-0.39, 0.29) is 21.5 Å². The number of rotatable bonds is 5. The number of anilines is 1. The number of ether oxygens (including phenoxy) is 2. The van der Waals surface area contributed by atoms with Gasteiger partial charge >= 0.3 is 11.8 Å². The highest BCUT2D eigenvalue weighted by Gasteiger charge is 2.20. The largest absolute Gasteiger partial charge is 0.454 e. The van der Waals surface area contributed by atoms with E-state index in [1.54, 1.807) is 26.8 Å². The van der Waals surface area contributed by atoms with Crippen LogP contribution < -0.4 is 21.3 Å². The third-order valence-electron chi connectivity index (χ3n) is 5.20. The maximum atomic E-state index is 12.5. The molecule has 2 aromatic heterocycles. The minimum absolute atomic E-state index is 0.0994. The van der Waals surface area contributed by atoms with Gasteiger partial charge < -0.3 is 14.5 Å². The van der Waals surface area contributed by atoms with Gasteiger partial charge in [-0.1, -0.05) is 37.0 Å². The second-order valence-corrected chi connectivity index (χ2v) is 10.4. The number of benzene rings is 2. The first-order chi connectivity index (χ1) is 17.3. The number of amides is 1. The Kier molecular flexibility index (Phi) is 7.07. The Bertz CT molecular complexity index is 1590. The van der Waals surface area contributed by atoms with Crippen LogP contribution in [0, 0.1) is 0 Å². The Hall–Kier alpha value is -3.76. The van der Waals surface area contributed by atoms with E-state index in [1.165, 1.54) is 12.1 Å². The Morgan fingerprint density at radius 3 is 2.41 bits per heavy atom. The summed E-state index contributed by atoms with van der Waals surface area (Å²) in [5.74, 6) is 0.571. The molecule has 0 aliphatic rings. The predicted molar refractivity (Wildman–Crippen MR) is 143 cm³/mol. The normalized spacial score (nSPS) is 11.7. The number of halogens is 2. The van der Waals surface area contributed by atoms with Crippen LogP contribution in [0.2, 0.25) is 10.0 Å². The number of carbonyl (C=O) groups excluding carboxylic acids is 1. The van der Waals surface area contributed by atoms with Crippen LogP contribution in [-0.4, -0.2) is 31.4 Å². The van der Waals surface area contributed by atoms with Gasteiger partial charge in [-0.3, -0.25) is 15.1 Å². The minimum atomic E-state index is -0.907. The molecule has 4 rings (SSSR count). The molecule has 2 aromatic carbocycles. The fourth-order valence-corrected chi connectivity index (χ4v) is 4.16. The lowest BCUT2D eigenvalue weighted by Gasteiger charge is -2.19. The zero-order valence-electron chi connectivity index (χ0n) is 20.7. The summed E-state index contributed by atoms with van der Waals surface area (Å²) < 4.78 is 12.0. The molecule has 37 heavy (non-hydrogen) atoms. The van der Waals surface area contributed by atoms with Crippen LogP contribution in [0.1, 0.15) is 46.1 Å². The second-order valence-electron chi connectivity index (χ2n) is 9.59. The minimum Gasteiger partial charge on any atom is -0.454 e. The van der Waals surface area contributed by atoms with Crippen LogP contribution in [0.5, 0.6) is 11.5 Å². The zero-order chi connectivity index (χ0) is 27.1. The third kappa shape index (κ3) is 5.81. The molecule has 4 aromatic rings. The van der Waals surface area contributed by atoms with E-state index in [4.69, 9.17) is 32.7 Å². The first kappa shape index (κ1) is 26.3. The van der Waals surface area contributed by atoms with Crippen LogP contribution in [0.25, 0.3) is 16.6 Å². The molecule has 10 nitrogen and oxygen atoms in total. The second kappa shape index (κ2) is 9.95. The van der Waals surface area contributed by atoms with Crippen molar-refractivity contribution in [3.05, 3.63) is 73.0 Å². The van der Waals surface area contributed by atoms with Gasteiger partial charge in [-0.15, -0.1) is 5.10 Å². The molecule has 2 heterocycles. The summed E-state index contributed by atoms with van der Waals surface area (Å²) in [5, 5.41) is 7.40. The van der Waals surface area contributed by atoms with Crippen molar-refractivity contribution in [3.8, 4) is 17.2 Å². The van der Waals surface area contributed by atoms with Gasteiger partial charge in [-0.25, -0.2) is 9.59 Å². The summed E-state index contributed by atoms with van der Waals surface area (Å²) in [6, 6.07) is 8.38. The average Bonchev–Trinajstić information content (AvgIpc) is 3.20. The molecule has 0 spiro atoms. The maximum absolute atomic E-state index is 12.5. The lowest BCUT2D eigenvalue weighted by Crippen LogP contribution is -2.36. The number of H-pyrrole nitrogens is 2. The van der Waals surface area contributed by atoms with E-state index in [0.29, 0.717) is 11.7 Å². The number of hydrogen-bond donors (Lipinski definition) is 3. The van der Waals surface area contributed by atoms with Crippen LogP contribution in [0.15, 0.2) is 46.1 Å². The summed E-state index contributed by atoms with van der Waals surface area (Å²) >= 11 is 12.9. The van der Waals surface area contributed by atoms with Gasteiger partial charge in [0.15, 0.2) is 5.75 Å². The predicted octanol–water partition coefficient (Wildman–Crippen LogP) is 5.97. The van der Waals surface area contributed by atoms with E-state index in [0.717, 1.165) is 21.1 Å². The van der Waals surface area contributed by atoms with Crippen molar-refractivity contribution < 1.29 is 14.3 Å². The summed E-state index contributed by atoms with van der Waals surface area (Å²) in [6.45, 7) is 9.20. The molecule has 12 heteroatoms. The van der Waals surface area contributed by atoms with Crippen molar-refractivity contribution in [1.82, 2.24) is 19.7 Å². The quantitative estimate of drug-likeness (QED) is 0.283. The van der Waals surface area contributed by atoms with Gasteiger partial charge in [0.05, 0.1) is 15.7 Å². The zero-order valence-corrected chi connectivity index (χ0v) is 22.2. The van der Waals surface area contributed by atoms with E-state index in [2.05, 4.69) is 34.2 Å². The summed E-state index contributed by atoms with van der Waals surface area (Å²) in [5.41, 5.74) is -0.302. The summed E-state index contributed by atoms with van der Waals surface area (Å²) in [6.07, 6.45) is 1.06. The number of aromatic amines is 2. The summed E-state index contributed by atoms with van der Waals surface area (Å²) in [7, 11) is 0. The molecule has 0 aliphatic carbocycles. The van der Waals surface area contributed by atoms with E-state index < -0.39 is 28.8 Å². The van der Waals surface area contributed by atoms with Gasteiger partial charge in [0.25, 0.3) is 5.56 Å². The van der Waals surface area contributed by atoms with Gasteiger partial charge in [-0.2, -0.15) is 4.68 Å². The number of hydrogen-bond acceptors (Lipinski definition) is 6. The van der Waals surface area contributed by atoms with Crippen molar-refractivity contribution in [3.63, 3.8) is 0 Å². The molecule has 0 bridgehead atoms. The van der Waals surface area contributed by atoms with Crippen molar-refractivity contribution in [2.24, 2.45) is 0 Å². The number of aromatic nitrogens is 4. The van der Waals surface area contributed by atoms with Gasteiger partial charge in [-0.05, 0) is 62.6 Å². The Balaban J connectivity index is 1.66. The highest BCUT2D eigenvalue weighted by atomic mass is 35.5. The SMILES string of the molecule is CC(C)c1c[nH]c2ccc(Oc3c(Cl)cc(-n4nc(NC(=O)OC(C)(C)C)c(=O)[nH]c4=O)cc3Cl)cc12.